The van der Waals surface area contributed by atoms with E-state index in [0.29, 0.717) is 35.2 Å². The molecule has 2 aromatic carbocycles. The lowest BCUT2D eigenvalue weighted by molar-refractivity contribution is -0.126. The SMILES string of the molecule is COc1cc(-c2noc(C(C)NC(=O)COCc3ccccc3)n2)cc(OC)c1OC. The predicted molar refractivity (Wildman–Crippen MR) is 112 cm³/mol. The summed E-state index contributed by atoms with van der Waals surface area (Å²) in [5.41, 5.74) is 1.62. The van der Waals surface area contributed by atoms with Crippen molar-refractivity contribution in [3.8, 4) is 28.6 Å². The average Bonchev–Trinajstić information content (AvgIpc) is 3.29. The summed E-state index contributed by atoms with van der Waals surface area (Å²) in [6.07, 6.45) is 0. The van der Waals surface area contributed by atoms with Gasteiger partial charge in [-0.25, -0.2) is 0 Å². The molecule has 0 saturated carbocycles. The van der Waals surface area contributed by atoms with Gasteiger partial charge in [0, 0.05) is 5.56 Å². The fourth-order valence-electron chi connectivity index (χ4n) is 2.92. The summed E-state index contributed by atoms with van der Waals surface area (Å²) in [5.74, 6) is 1.72. The molecular formula is C22H25N3O6. The van der Waals surface area contributed by atoms with E-state index < -0.39 is 6.04 Å². The maximum Gasteiger partial charge on any atom is 0.249 e. The van der Waals surface area contributed by atoms with E-state index in [1.54, 1.807) is 19.1 Å². The van der Waals surface area contributed by atoms with Crippen molar-refractivity contribution in [2.24, 2.45) is 0 Å². The molecule has 31 heavy (non-hydrogen) atoms. The Morgan fingerprint density at radius 2 is 1.74 bits per heavy atom. The predicted octanol–water partition coefficient (Wildman–Crippen LogP) is 3.16. The maximum atomic E-state index is 12.2. The molecule has 3 aromatic rings. The number of nitrogens with zero attached hydrogens (tertiary/aromatic N) is 2. The Labute approximate surface area is 180 Å². The van der Waals surface area contributed by atoms with E-state index in [1.165, 1.54) is 21.3 Å². The van der Waals surface area contributed by atoms with E-state index in [-0.39, 0.29) is 18.4 Å². The van der Waals surface area contributed by atoms with Crippen molar-refractivity contribution in [2.75, 3.05) is 27.9 Å². The van der Waals surface area contributed by atoms with Crippen LogP contribution in [0.1, 0.15) is 24.4 Å². The number of carbonyl (C=O) groups is 1. The molecule has 1 amide bonds. The van der Waals surface area contributed by atoms with Crippen LogP contribution in [0.3, 0.4) is 0 Å². The molecule has 1 heterocycles. The monoisotopic (exact) mass is 427 g/mol. The quantitative estimate of drug-likeness (QED) is 0.526. The number of benzene rings is 2. The van der Waals surface area contributed by atoms with Gasteiger partial charge in [-0.15, -0.1) is 0 Å². The molecule has 3 rings (SSSR count). The van der Waals surface area contributed by atoms with Gasteiger partial charge >= 0.3 is 0 Å². The third-order valence-electron chi connectivity index (χ3n) is 4.46. The molecule has 1 unspecified atom stereocenters. The molecule has 0 saturated heterocycles. The van der Waals surface area contributed by atoms with Gasteiger partial charge in [-0.05, 0) is 24.6 Å². The highest BCUT2D eigenvalue weighted by Crippen LogP contribution is 2.40. The number of nitrogens with one attached hydrogen (secondary N) is 1. The van der Waals surface area contributed by atoms with Crippen LogP contribution in [-0.4, -0.2) is 44.0 Å². The molecule has 0 aliphatic carbocycles. The van der Waals surface area contributed by atoms with E-state index in [9.17, 15) is 4.79 Å². The van der Waals surface area contributed by atoms with Crippen molar-refractivity contribution in [3.63, 3.8) is 0 Å². The van der Waals surface area contributed by atoms with Crippen LogP contribution in [0.15, 0.2) is 47.0 Å². The van der Waals surface area contributed by atoms with Gasteiger partial charge in [0.2, 0.25) is 23.4 Å². The summed E-state index contributed by atoms with van der Waals surface area (Å²) in [6.45, 7) is 2.03. The third kappa shape index (κ3) is 5.52. The first-order valence-electron chi connectivity index (χ1n) is 9.60. The van der Waals surface area contributed by atoms with Gasteiger partial charge < -0.3 is 28.8 Å². The van der Waals surface area contributed by atoms with Crippen LogP contribution in [0.25, 0.3) is 11.4 Å². The Kier molecular flexibility index (Phi) is 7.45. The third-order valence-corrected chi connectivity index (χ3v) is 4.46. The summed E-state index contributed by atoms with van der Waals surface area (Å²) < 4.78 is 26.8. The molecule has 1 N–H and O–H groups in total. The Morgan fingerprint density at radius 1 is 1.06 bits per heavy atom. The Hall–Kier alpha value is -3.59. The second kappa shape index (κ2) is 10.4. The zero-order valence-electron chi connectivity index (χ0n) is 17.9. The second-order valence-electron chi connectivity index (χ2n) is 6.64. The normalized spacial score (nSPS) is 11.6. The topological polar surface area (TPSA) is 105 Å². The van der Waals surface area contributed by atoms with Gasteiger partial charge in [-0.1, -0.05) is 35.5 Å². The van der Waals surface area contributed by atoms with Crippen molar-refractivity contribution in [1.82, 2.24) is 15.5 Å². The molecular weight excluding hydrogens is 402 g/mol. The second-order valence-corrected chi connectivity index (χ2v) is 6.64. The zero-order valence-corrected chi connectivity index (χ0v) is 17.9. The Balaban J connectivity index is 1.62. The lowest BCUT2D eigenvalue weighted by Gasteiger charge is -2.12. The van der Waals surface area contributed by atoms with Gasteiger partial charge in [-0.3, -0.25) is 4.79 Å². The molecule has 0 radical (unpaired) electrons. The van der Waals surface area contributed by atoms with E-state index in [4.69, 9.17) is 23.5 Å². The first-order chi connectivity index (χ1) is 15.0. The van der Waals surface area contributed by atoms with Crippen molar-refractivity contribution in [2.45, 2.75) is 19.6 Å². The molecule has 164 valence electrons. The Bertz CT molecular complexity index is 980. The zero-order chi connectivity index (χ0) is 22.2. The van der Waals surface area contributed by atoms with Gasteiger partial charge in [-0.2, -0.15) is 4.98 Å². The molecule has 9 heteroatoms. The van der Waals surface area contributed by atoms with Crippen LogP contribution in [0, 0.1) is 0 Å². The van der Waals surface area contributed by atoms with Crippen molar-refractivity contribution in [3.05, 3.63) is 53.9 Å². The number of hydrogen-bond acceptors (Lipinski definition) is 8. The minimum atomic E-state index is -0.490. The summed E-state index contributed by atoms with van der Waals surface area (Å²) in [5, 5.41) is 6.78. The number of amides is 1. The summed E-state index contributed by atoms with van der Waals surface area (Å²) >= 11 is 0. The Morgan fingerprint density at radius 3 is 2.35 bits per heavy atom. The van der Waals surface area contributed by atoms with Gasteiger partial charge in [0.05, 0.1) is 27.9 Å². The molecule has 0 aliphatic heterocycles. The first-order valence-corrected chi connectivity index (χ1v) is 9.60. The largest absolute Gasteiger partial charge is 0.493 e. The van der Waals surface area contributed by atoms with Crippen LogP contribution in [-0.2, 0) is 16.1 Å². The summed E-state index contributed by atoms with van der Waals surface area (Å²) in [6, 6.07) is 12.6. The van der Waals surface area contributed by atoms with Crippen LogP contribution < -0.4 is 19.5 Å². The van der Waals surface area contributed by atoms with Crippen molar-refractivity contribution >= 4 is 5.91 Å². The smallest absolute Gasteiger partial charge is 0.249 e. The molecule has 0 fully saturated rings. The number of hydrogen-bond donors (Lipinski definition) is 1. The fourth-order valence-corrected chi connectivity index (χ4v) is 2.92. The van der Waals surface area contributed by atoms with Gasteiger partial charge in [0.25, 0.3) is 0 Å². The van der Waals surface area contributed by atoms with E-state index in [2.05, 4.69) is 15.5 Å². The fraction of sp³-hybridized carbons (Fsp3) is 0.318. The number of ether oxygens (including phenoxy) is 4. The maximum absolute atomic E-state index is 12.2. The van der Waals surface area contributed by atoms with Gasteiger partial charge in [0.15, 0.2) is 11.5 Å². The number of methoxy groups -OCH3 is 3. The molecule has 1 atom stereocenters. The lowest BCUT2D eigenvalue weighted by Crippen LogP contribution is -2.30. The van der Waals surface area contributed by atoms with Crippen molar-refractivity contribution < 1.29 is 28.3 Å². The molecule has 0 spiro atoms. The first kappa shape index (κ1) is 22.1. The molecule has 0 bridgehead atoms. The molecule has 1 aromatic heterocycles. The molecule has 0 aliphatic rings. The van der Waals surface area contributed by atoms with Crippen LogP contribution >= 0.6 is 0 Å². The van der Waals surface area contributed by atoms with E-state index in [1.807, 2.05) is 30.3 Å². The highest BCUT2D eigenvalue weighted by molar-refractivity contribution is 5.77. The van der Waals surface area contributed by atoms with E-state index in [0.717, 1.165) is 5.56 Å². The highest BCUT2D eigenvalue weighted by Gasteiger charge is 2.20. The number of carbonyl (C=O) groups excluding carboxylic acids is 1. The van der Waals surface area contributed by atoms with Crippen LogP contribution in [0.2, 0.25) is 0 Å². The number of rotatable bonds is 10. The minimum absolute atomic E-state index is 0.0763. The van der Waals surface area contributed by atoms with Gasteiger partial charge in [0.1, 0.15) is 12.6 Å². The van der Waals surface area contributed by atoms with Crippen molar-refractivity contribution in [1.29, 1.82) is 0 Å². The van der Waals surface area contributed by atoms with Crippen LogP contribution in [0.5, 0.6) is 17.2 Å². The number of aromatic nitrogens is 2. The lowest BCUT2D eigenvalue weighted by atomic mass is 10.1. The summed E-state index contributed by atoms with van der Waals surface area (Å²) in [7, 11) is 4.58. The minimum Gasteiger partial charge on any atom is -0.493 e. The standard InChI is InChI=1S/C22H25N3O6/c1-14(23-19(26)13-30-12-15-8-6-5-7-9-15)22-24-21(25-31-22)16-10-17(27-2)20(29-4)18(11-16)28-3/h5-11,14H,12-13H2,1-4H3,(H,23,26). The highest BCUT2D eigenvalue weighted by atomic mass is 16.5. The van der Waals surface area contributed by atoms with Crippen LogP contribution in [0.4, 0.5) is 0 Å². The average molecular weight is 427 g/mol. The summed E-state index contributed by atoms with van der Waals surface area (Å²) in [4.78, 5) is 16.5. The molecule has 9 nitrogen and oxygen atoms in total. The van der Waals surface area contributed by atoms with E-state index >= 15 is 0 Å².